The first-order chi connectivity index (χ1) is 11.7. The highest BCUT2D eigenvalue weighted by molar-refractivity contribution is 7.10. The van der Waals surface area contributed by atoms with Crippen LogP contribution in [-0.4, -0.2) is 19.2 Å². The molecular formula is C20H19NO2S. The SMILES string of the molecule is COc1ccc(/C=C/c2nc(-c3ccc(C)cc3)cs2)cc1OC. The van der Waals surface area contributed by atoms with Gasteiger partial charge in [0.25, 0.3) is 0 Å². The molecule has 122 valence electrons. The summed E-state index contributed by atoms with van der Waals surface area (Å²) in [5, 5.41) is 3.05. The molecule has 3 nitrogen and oxygen atoms in total. The zero-order valence-electron chi connectivity index (χ0n) is 13.9. The van der Waals surface area contributed by atoms with Gasteiger partial charge >= 0.3 is 0 Å². The lowest BCUT2D eigenvalue weighted by molar-refractivity contribution is 0.355. The average molecular weight is 337 g/mol. The van der Waals surface area contributed by atoms with E-state index in [2.05, 4.69) is 41.6 Å². The summed E-state index contributed by atoms with van der Waals surface area (Å²) in [6, 6.07) is 14.3. The van der Waals surface area contributed by atoms with Crippen LogP contribution in [0.15, 0.2) is 47.8 Å². The summed E-state index contributed by atoms with van der Waals surface area (Å²) in [7, 11) is 3.27. The van der Waals surface area contributed by atoms with E-state index in [1.807, 2.05) is 30.4 Å². The van der Waals surface area contributed by atoms with Crippen molar-refractivity contribution in [2.24, 2.45) is 0 Å². The van der Waals surface area contributed by atoms with Crippen LogP contribution < -0.4 is 9.47 Å². The normalized spacial score (nSPS) is 11.0. The number of ether oxygens (including phenoxy) is 2. The van der Waals surface area contributed by atoms with Gasteiger partial charge in [-0.25, -0.2) is 4.98 Å². The fourth-order valence-corrected chi connectivity index (χ4v) is 3.06. The summed E-state index contributed by atoms with van der Waals surface area (Å²) in [4.78, 5) is 4.68. The third-order valence-corrected chi connectivity index (χ3v) is 4.51. The molecule has 2 aromatic carbocycles. The topological polar surface area (TPSA) is 31.4 Å². The number of nitrogens with zero attached hydrogens (tertiary/aromatic N) is 1. The number of aromatic nitrogens is 1. The first kappa shape index (κ1) is 16.3. The van der Waals surface area contributed by atoms with E-state index >= 15 is 0 Å². The van der Waals surface area contributed by atoms with Gasteiger partial charge in [0.05, 0.1) is 19.9 Å². The van der Waals surface area contributed by atoms with Gasteiger partial charge in [0.1, 0.15) is 5.01 Å². The van der Waals surface area contributed by atoms with Crippen molar-refractivity contribution in [1.82, 2.24) is 4.98 Å². The Morgan fingerprint density at radius 2 is 1.67 bits per heavy atom. The van der Waals surface area contributed by atoms with Crippen molar-refractivity contribution in [2.75, 3.05) is 14.2 Å². The van der Waals surface area contributed by atoms with Crippen molar-refractivity contribution in [2.45, 2.75) is 6.92 Å². The first-order valence-corrected chi connectivity index (χ1v) is 8.50. The van der Waals surface area contributed by atoms with Crippen molar-refractivity contribution in [3.8, 4) is 22.8 Å². The molecule has 24 heavy (non-hydrogen) atoms. The van der Waals surface area contributed by atoms with E-state index in [-0.39, 0.29) is 0 Å². The maximum atomic E-state index is 5.33. The van der Waals surface area contributed by atoms with Crippen LogP contribution >= 0.6 is 11.3 Å². The predicted octanol–water partition coefficient (Wildman–Crippen LogP) is 5.31. The van der Waals surface area contributed by atoms with E-state index in [4.69, 9.17) is 9.47 Å². The van der Waals surface area contributed by atoms with E-state index in [0.29, 0.717) is 0 Å². The van der Waals surface area contributed by atoms with E-state index in [1.54, 1.807) is 25.6 Å². The van der Waals surface area contributed by atoms with Gasteiger partial charge in [-0.1, -0.05) is 42.0 Å². The quantitative estimate of drug-likeness (QED) is 0.632. The largest absolute Gasteiger partial charge is 0.493 e. The maximum absolute atomic E-state index is 5.33. The molecule has 1 aromatic heterocycles. The Hall–Kier alpha value is -2.59. The van der Waals surface area contributed by atoms with Crippen LogP contribution in [0.5, 0.6) is 11.5 Å². The molecule has 1 heterocycles. The molecule has 3 rings (SSSR count). The highest BCUT2D eigenvalue weighted by atomic mass is 32.1. The van der Waals surface area contributed by atoms with Gasteiger partial charge in [0, 0.05) is 10.9 Å². The molecule has 0 aliphatic heterocycles. The summed E-state index contributed by atoms with van der Waals surface area (Å²) < 4.78 is 10.6. The summed E-state index contributed by atoms with van der Waals surface area (Å²) in [6.45, 7) is 2.09. The second kappa shape index (κ2) is 7.32. The molecule has 0 saturated heterocycles. The number of thiazole rings is 1. The van der Waals surface area contributed by atoms with E-state index in [9.17, 15) is 0 Å². The van der Waals surface area contributed by atoms with Crippen LogP contribution in [0, 0.1) is 6.92 Å². The van der Waals surface area contributed by atoms with Gasteiger partial charge in [-0.3, -0.25) is 0 Å². The fraction of sp³-hybridized carbons (Fsp3) is 0.150. The Kier molecular flexibility index (Phi) is 4.96. The van der Waals surface area contributed by atoms with Gasteiger partial charge in [-0.05, 0) is 30.7 Å². The second-order valence-corrected chi connectivity index (χ2v) is 6.27. The fourth-order valence-electron chi connectivity index (χ4n) is 2.35. The molecule has 0 spiro atoms. The van der Waals surface area contributed by atoms with E-state index in [0.717, 1.165) is 33.3 Å². The molecule has 0 radical (unpaired) electrons. The van der Waals surface area contributed by atoms with Crippen LogP contribution in [0.4, 0.5) is 0 Å². The zero-order chi connectivity index (χ0) is 16.9. The monoisotopic (exact) mass is 337 g/mol. The van der Waals surface area contributed by atoms with Crippen LogP contribution in [-0.2, 0) is 0 Å². The molecule has 0 amide bonds. The van der Waals surface area contributed by atoms with Crippen molar-refractivity contribution >= 4 is 23.5 Å². The van der Waals surface area contributed by atoms with Crippen molar-refractivity contribution in [3.05, 3.63) is 64.0 Å². The lowest BCUT2D eigenvalue weighted by Gasteiger charge is -2.07. The lowest BCUT2D eigenvalue weighted by Crippen LogP contribution is -1.90. The van der Waals surface area contributed by atoms with E-state index in [1.165, 1.54) is 5.56 Å². The first-order valence-electron chi connectivity index (χ1n) is 7.62. The third kappa shape index (κ3) is 3.66. The molecule has 0 N–H and O–H groups in total. The zero-order valence-corrected chi connectivity index (χ0v) is 14.8. The standard InChI is InChI=1S/C20H19NO2S/c1-14-4-8-16(9-5-14)17-13-24-20(21-17)11-7-15-6-10-18(22-2)19(12-15)23-3/h4-13H,1-3H3/b11-7+. The molecule has 0 aliphatic carbocycles. The summed E-state index contributed by atoms with van der Waals surface area (Å²) in [6.07, 6.45) is 4.04. The Morgan fingerprint density at radius 1 is 0.917 bits per heavy atom. The van der Waals surface area contributed by atoms with Crippen LogP contribution in [0.2, 0.25) is 0 Å². The number of hydrogen-bond acceptors (Lipinski definition) is 4. The van der Waals surface area contributed by atoms with Crippen molar-refractivity contribution in [1.29, 1.82) is 0 Å². The highest BCUT2D eigenvalue weighted by Crippen LogP contribution is 2.29. The maximum Gasteiger partial charge on any atom is 0.161 e. The van der Waals surface area contributed by atoms with E-state index < -0.39 is 0 Å². The molecule has 0 saturated carbocycles. The number of aryl methyl sites for hydroxylation is 1. The minimum absolute atomic E-state index is 0.721. The number of rotatable bonds is 5. The summed E-state index contributed by atoms with van der Waals surface area (Å²) >= 11 is 1.63. The summed E-state index contributed by atoms with van der Waals surface area (Å²) in [5.41, 5.74) is 4.44. The Bertz CT molecular complexity index is 850. The van der Waals surface area contributed by atoms with Crippen molar-refractivity contribution < 1.29 is 9.47 Å². The molecule has 0 aliphatic rings. The number of hydrogen-bond donors (Lipinski definition) is 0. The predicted molar refractivity (Wildman–Crippen MR) is 101 cm³/mol. The number of methoxy groups -OCH3 is 2. The molecule has 0 atom stereocenters. The molecule has 0 fully saturated rings. The van der Waals surface area contributed by atoms with Gasteiger partial charge in [-0.2, -0.15) is 0 Å². The van der Waals surface area contributed by atoms with Gasteiger partial charge in [-0.15, -0.1) is 11.3 Å². The molecule has 0 unspecified atom stereocenters. The Labute approximate surface area is 146 Å². The molecule has 4 heteroatoms. The minimum Gasteiger partial charge on any atom is -0.493 e. The van der Waals surface area contributed by atoms with Gasteiger partial charge < -0.3 is 9.47 Å². The van der Waals surface area contributed by atoms with Gasteiger partial charge in [0.2, 0.25) is 0 Å². The van der Waals surface area contributed by atoms with Crippen LogP contribution in [0.25, 0.3) is 23.4 Å². The van der Waals surface area contributed by atoms with Crippen molar-refractivity contribution in [3.63, 3.8) is 0 Å². The molecule has 0 bridgehead atoms. The van der Waals surface area contributed by atoms with Crippen LogP contribution in [0.1, 0.15) is 16.1 Å². The Morgan fingerprint density at radius 3 is 2.38 bits per heavy atom. The second-order valence-electron chi connectivity index (χ2n) is 5.38. The lowest BCUT2D eigenvalue weighted by atomic mass is 10.1. The third-order valence-electron chi connectivity index (χ3n) is 3.70. The van der Waals surface area contributed by atoms with Crippen LogP contribution in [0.3, 0.4) is 0 Å². The Balaban J connectivity index is 1.79. The molecule has 3 aromatic rings. The minimum atomic E-state index is 0.721. The summed E-state index contributed by atoms with van der Waals surface area (Å²) in [5.74, 6) is 1.45. The van der Waals surface area contributed by atoms with Gasteiger partial charge in [0.15, 0.2) is 11.5 Å². The number of benzene rings is 2. The molecular weight excluding hydrogens is 318 g/mol. The average Bonchev–Trinajstić information content (AvgIpc) is 3.09. The smallest absolute Gasteiger partial charge is 0.161 e. The highest BCUT2D eigenvalue weighted by Gasteiger charge is 2.04.